The van der Waals surface area contributed by atoms with E-state index in [1.165, 1.54) is 6.07 Å². The third-order valence-corrected chi connectivity index (χ3v) is 2.17. The van der Waals surface area contributed by atoms with Gasteiger partial charge in [-0.15, -0.1) is 11.6 Å². The van der Waals surface area contributed by atoms with E-state index in [1.807, 2.05) is 0 Å². The predicted octanol–water partition coefficient (Wildman–Crippen LogP) is 2.60. The molecule has 0 aromatic heterocycles. The number of benzene rings is 1. The van der Waals surface area contributed by atoms with E-state index in [0.29, 0.717) is 0 Å². The molecule has 1 aromatic rings. The molecule has 0 amide bonds. The van der Waals surface area contributed by atoms with E-state index in [-0.39, 0.29) is 17.0 Å². The van der Waals surface area contributed by atoms with Gasteiger partial charge in [-0.2, -0.15) is 14.0 Å². The minimum atomic E-state index is -3.18. The number of hydrogen-bond donors (Lipinski definition) is 1. The first-order valence-electron chi connectivity index (χ1n) is 4.30. The fraction of sp³-hybridized carbons (Fsp3) is 0.200. The van der Waals surface area contributed by atoms with Crippen molar-refractivity contribution < 1.29 is 23.4 Å². The van der Waals surface area contributed by atoms with E-state index in [0.717, 1.165) is 6.07 Å². The smallest absolute Gasteiger partial charge is 0.387 e. The van der Waals surface area contributed by atoms with Gasteiger partial charge in [0.1, 0.15) is 11.3 Å². The first kappa shape index (κ1) is 13.2. The van der Waals surface area contributed by atoms with Gasteiger partial charge in [0.25, 0.3) is 0 Å². The molecular formula is C10H6ClF2NO3. The second-order valence-electron chi connectivity index (χ2n) is 2.94. The van der Waals surface area contributed by atoms with Gasteiger partial charge in [0.2, 0.25) is 0 Å². The summed E-state index contributed by atoms with van der Waals surface area (Å²) in [5.41, 5.74) is -0.408. The van der Waals surface area contributed by atoms with E-state index < -0.39 is 23.9 Å². The highest BCUT2D eigenvalue weighted by molar-refractivity contribution is 6.17. The number of carboxylic acids is 1. The van der Waals surface area contributed by atoms with Crippen LogP contribution in [0.25, 0.3) is 0 Å². The molecule has 1 aromatic carbocycles. The zero-order valence-corrected chi connectivity index (χ0v) is 9.04. The second-order valence-corrected chi connectivity index (χ2v) is 3.20. The minimum absolute atomic E-state index is 0.00120. The SMILES string of the molecule is N#Cc1cc(CCl)c(C(=O)O)c(OC(F)F)c1. The first-order chi connectivity index (χ1) is 7.99. The summed E-state index contributed by atoms with van der Waals surface area (Å²) < 4.78 is 28.3. The Morgan fingerprint density at radius 2 is 2.24 bits per heavy atom. The van der Waals surface area contributed by atoms with Crippen molar-refractivity contribution in [1.29, 1.82) is 5.26 Å². The average Bonchev–Trinajstić information content (AvgIpc) is 2.26. The van der Waals surface area contributed by atoms with E-state index in [2.05, 4.69) is 4.74 Å². The highest BCUT2D eigenvalue weighted by Crippen LogP contribution is 2.27. The van der Waals surface area contributed by atoms with Crippen LogP contribution in [-0.4, -0.2) is 17.7 Å². The first-order valence-corrected chi connectivity index (χ1v) is 4.84. The van der Waals surface area contributed by atoms with Crippen molar-refractivity contribution in [2.75, 3.05) is 0 Å². The lowest BCUT2D eigenvalue weighted by Gasteiger charge is -2.11. The molecule has 0 heterocycles. The zero-order valence-electron chi connectivity index (χ0n) is 8.28. The molecular weight excluding hydrogens is 256 g/mol. The van der Waals surface area contributed by atoms with Crippen LogP contribution in [0.15, 0.2) is 12.1 Å². The Morgan fingerprint density at radius 3 is 2.65 bits per heavy atom. The van der Waals surface area contributed by atoms with Crippen molar-refractivity contribution >= 4 is 17.6 Å². The molecule has 0 saturated heterocycles. The molecule has 0 fully saturated rings. The van der Waals surface area contributed by atoms with Crippen LogP contribution in [-0.2, 0) is 5.88 Å². The molecule has 0 aliphatic carbocycles. The highest BCUT2D eigenvalue weighted by Gasteiger charge is 2.20. The van der Waals surface area contributed by atoms with Gasteiger partial charge in [-0.25, -0.2) is 4.79 Å². The third-order valence-electron chi connectivity index (χ3n) is 1.89. The lowest BCUT2D eigenvalue weighted by Crippen LogP contribution is -2.10. The quantitative estimate of drug-likeness (QED) is 0.846. The van der Waals surface area contributed by atoms with Crippen molar-refractivity contribution in [3.05, 3.63) is 28.8 Å². The third kappa shape index (κ3) is 3.04. The van der Waals surface area contributed by atoms with E-state index in [4.69, 9.17) is 22.0 Å². The number of hydrogen-bond acceptors (Lipinski definition) is 3. The minimum Gasteiger partial charge on any atom is -0.478 e. The number of aromatic carboxylic acids is 1. The fourth-order valence-corrected chi connectivity index (χ4v) is 1.49. The maximum atomic E-state index is 12.1. The lowest BCUT2D eigenvalue weighted by molar-refractivity contribution is -0.0503. The summed E-state index contributed by atoms with van der Waals surface area (Å²) in [6, 6.07) is 3.86. The number of carbonyl (C=O) groups is 1. The Labute approximate surface area is 100.0 Å². The zero-order chi connectivity index (χ0) is 13.0. The van der Waals surface area contributed by atoms with Crippen LogP contribution in [0.1, 0.15) is 21.5 Å². The van der Waals surface area contributed by atoms with Gasteiger partial charge in [0.05, 0.1) is 11.6 Å². The molecule has 0 unspecified atom stereocenters. The van der Waals surface area contributed by atoms with Gasteiger partial charge >= 0.3 is 12.6 Å². The second kappa shape index (κ2) is 5.46. The molecule has 4 nitrogen and oxygen atoms in total. The van der Waals surface area contributed by atoms with Gasteiger partial charge in [-0.05, 0) is 17.7 Å². The standard InChI is InChI=1S/C10H6ClF2NO3/c11-3-6-1-5(4-14)2-7(17-10(12)13)8(6)9(15)16/h1-2,10H,3H2,(H,15,16). The summed E-state index contributed by atoms with van der Waals surface area (Å²) in [5.74, 6) is -2.24. The molecule has 0 spiro atoms. The Morgan fingerprint density at radius 1 is 1.59 bits per heavy atom. The lowest BCUT2D eigenvalue weighted by atomic mass is 10.0. The Bertz CT molecular complexity index is 485. The van der Waals surface area contributed by atoms with Gasteiger partial charge in [0.15, 0.2) is 0 Å². The summed E-state index contributed by atoms with van der Waals surface area (Å²) in [6.45, 7) is -3.18. The number of ether oxygens (including phenoxy) is 1. The molecule has 0 aliphatic heterocycles. The van der Waals surface area contributed by atoms with Crippen LogP contribution >= 0.6 is 11.6 Å². The van der Waals surface area contributed by atoms with Crippen molar-refractivity contribution in [2.45, 2.75) is 12.5 Å². The Kier molecular flexibility index (Phi) is 4.24. The van der Waals surface area contributed by atoms with Crippen LogP contribution < -0.4 is 4.74 Å². The largest absolute Gasteiger partial charge is 0.478 e. The van der Waals surface area contributed by atoms with Crippen molar-refractivity contribution in [3.63, 3.8) is 0 Å². The average molecular weight is 262 g/mol. The van der Waals surface area contributed by atoms with Crippen LogP contribution in [0.3, 0.4) is 0 Å². The summed E-state index contributed by atoms with van der Waals surface area (Å²) >= 11 is 5.50. The predicted molar refractivity (Wildman–Crippen MR) is 54.3 cm³/mol. The fourth-order valence-electron chi connectivity index (χ4n) is 1.27. The van der Waals surface area contributed by atoms with Crippen LogP contribution in [0, 0.1) is 11.3 Å². The monoisotopic (exact) mass is 261 g/mol. The van der Waals surface area contributed by atoms with Crippen LogP contribution in [0.4, 0.5) is 8.78 Å². The van der Waals surface area contributed by atoms with Crippen molar-refractivity contribution in [3.8, 4) is 11.8 Å². The maximum Gasteiger partial charge on any atom is 0.387 e. The molecule has 0 bridgehead atoms. The molecule has 7 heteroatoms. The Hall–Kier alpha value is -1.87. The number of nitriles is 1. The molecule has 1 rings (SSSR count). The Balaban J connectivity index is 3.41. The molecule has 0 radical (unpaired) electrons. The molecule has 1 N–H and O–H groups in total. The number of alkyl halides is 3. The highest BCUT2D eigenvalue weighted by atomic mass is 35.5. The van der Waals surface area contributed by atoms with Gasteiger partial charge in [-0.3, -0.25) is 0 Å². The number of nitrogens with zero attached hydrogens (tertiary/aromatic N) is 1. The number of rotatable bonds is 4. The summed E-state index contributed by atoms with van der Waals surface area (Å²) in [6.07, 6.45) is 0. The van der Waals surface area contributed by atoms with Crippen molar-refractivity contribution in [2.24, 2.45) is 0 Å². The van der Waals surface area contributed by atoms with Gasteiger partial charge < -0.3 is 9.84 Å². The molecule has 0 atom stereocenters. The topological polar surface area (TPSA) is 70.3 Å². The normalized spacial score (nSPS) is 10.1. The van der Waals surface area contributed by atoms with E-state index >= 15 is 0 Å². The summed E-state index contributed by atoms with van der Waals surface area (Å²) in [5, 5.41) is 17.5. The molecule has 17 heavy (non-hydrogen) atoms. The van der Waals surface area contributed by atoms with Gasteiger partial charge in [0, 0.05) is 5.88 Å². The number of carboxylic acid groups (broad SMARTS) is 1. The van der Waals surface area contributed by atoms with E-state index in [9.17, 15) is 13.6 Å². The van der Waals surface area contributed by atoms with Crippen molar-refractivity contribution in [1.82, 2.24) is 0 Å². The van der Waals surface area contributed by atoms with Crippen LogP contribution in [0.2, 0.25) is 0 Å². The summed E-state index contributed by atoms with van der Waals surface area (Å²) in [7, 11) is 0. The van der Waals surface area contributed by atoms with E-state index in [1.54, 1.807) is 6.07 Å². The van der Waals surface area contributed by atoms with Gasteiger partial charge in [-0.1, -0.05) is 0 Å². The maximum absolute atomic E-state index is 12.1. The number of halogens is 3. The summed E-state index contributed by atoms with van der Waals surface area (Å²) in [4.78, 5) is 10.9. The molecule has 0 aliphatic rings. The van der Waals surface area contributed by atoms with Crippen LogP contribution in [0.5, 0.6) is 5.75 Å². The molecule has 0 saturated carbocycles. The molecule has 90 valence electrons.